The van der Waals surface area contributed by atoms with Crippen molar-refractivity contribution in [3.8, 4) is 0 Å². The number of aliphatic imine (C=N–C) groups is 2. The Labute approximate surface area is 126 Å². The molecule has 0 radical (unpaired) electrons. The Bertz CT molecular complexity index is 345. The molecule has 0 saturated carbocycles. The van der Waals surface area contributed by atoms with E-state index in [0.717, 1.165) is 12.4 Å². The average Bonchev–Trinajstić information content (AvgIpc) is 2.57. The third kappa shape index (κ3) is 4.51. The molecule has 0 spiro atoms. The van der Waals surface area contributed by atoms with E-state index in [1.807, 2.05) is 0 Å². The minimum absolute atomic E-state index is 0.738. The van der Waals surface area contributed by atoms with Crippen LogP contribution in [0, 0.1) is 0 Å². The summed E-state index contributed by atoms with van der Waals surface area (Å²) in [6.07, 6.45) is -7.16. The predicted octanol–water partition coefficient (Wildman–Crippen LogP) is -4.97. The molecule has 0 aliphatic carbocycles. The standard InChI is InChI=1S/C12H22N2O8/c15-3-7(17)11(21)9(19)5-1-13-6(2-14-5)10(20)12(22)8(18)4-16/h1-2,5-12,15-22H,3-4H2/t5?,6?,7-,8-,9-,10-,11+,12+/m1/s1. The van der Waals surface area contributed by atoms with Crippen LogP contribution in [0.2, 0.25) is 0 Å². The number of hydrogen-bond donors (Lipinski definition) is 8. The van der Waals surface area contributed by atoms with Crippen LogP contribution in [-0.4, -0.2) is 115 Å². The molecule has 1 aliphatic heterocycles. The van der Waals surface area contributed by atoms with Gasteiger partial charge in [0, 0.05) is 12.4 Å². The fourth-order valence-corrected chi connectivity index (χ4v) is 1.88. The van der Waals surface area contributed by atoms with E-state index in [0.29, 0.717) is 0 Å². The second-order valence-electron chi connectivity index (χ2n) is 5.04. The zero-order valence-corrected chi connectivity index (χ0v) is 11.7. The van der Waals surface area contributed by atoms with Crippen LogP contribution < -0.4 is 0 Å². The van der Waals surface area contributed by atoms with E-state index in [1.165, 1.54) is 0 Å². The summed E-state index contributed by atoms with van der Waals surface area (Å²) in [5.74, 6) is 0. The van der Waals surface area contributed by atoms with Crippen molar-refractivity contribution < 1.29 is 40.9 Å². The lowest BCUT2D eigenvalue weighted by atomic mass is 9.99. The van der Waals surface area contributed by atoms with Crippen molar-refractivity contribution in [2.24, 2.45) is 9.98 Å². The maximum atomic E-state index is 9.79. The molecule has 0 aromatic rings. The van der Waals surface area contributed by atoms with Crippen LogP contribution in [-0.2, 0) is 0 Å². The van der Waals surface area contributed by atoms with Gasteiger partial charge in [0.15, 0.2) is 0 Å². The van der Waals surface area contributed by atoms with Crippen LogP contribution in [0.25, 0.3) is 0 Å². The molecule has 10 heteroatoms. The van der Waals surface area contributed by atoms with Crippen molar-refractivity contribution in [1.82, 2.24) is 0 Å². The van der Waals surface area contributed by atoms with Crippen molar-refractivity contribution in [2.75, 3.05) is 13.2 Å². The molecule has 0 aromatic carbocycles. The van der Waals surface area contributed by atoms with Crippen LogP contribution in [0.3, 0.4) is 0 Å². The summed E-state index contributed by atoms with van der Waals surface area (Å²) in [5, 5.41) is 74.6. The number of rotatable bonds is 8. The second kappa shape index (κ2) is 8.60. The summed E-state index contributed by atoms with van der Waals surface area (Å²) in [5.41, 5.74) is 0. The second-order valence-corrected chi connectivity index (χ2v) is 5.04. The Morgan fingerprint density at radius 3 is 1.23 bits per heavy atom. The fraction of sp³-hybridized carbons (Fsp3) is 0.833. The molecule has 0 fully saturated rings. The molecule has 10 nitrogen and oxygen atoms in total. The van der Waals surface area contributed by atoms with Crippen LogP contribution in [0.4, 0.5) is 0 Å². The minimum atomic E-state index is -1.64. The Balaban J connectivity index is 2.64. The van der Waals surface area contributed by atoms with Gasteiger partial charge in [-0.2, -0.15) is 0 Å². The van der Waals surface area contributed by atoms with Crippen molar-refractivity contribution in [3.63, 3.8) is 0 Å². The molecule has 22 heavy (non-hydrogen) atoms. The van der Waals surface area contributed by atoms with Gasteiger partial charge >= 0.3 is 0 Å². The molecule has 1 rings (SSSR count). The van der Waals surface area contributed by atoms with Crippen LogP contribution >= 0.6 is 0 Å². The molecule has 0 aromatic heterocycles. The van der Waals surface area contributed by atoms with Crippen molar-refractivity contribution in [2.45, 2.75) is 48.7 Å². The first kappa shape index (κ1) is 19.1. The summed E-state index contributed by atoms with van der Waals surface area (Å²) in [7, 11) is 0. The van der Waals surface area contributed by atoms with Gasteiger partial charge in [0.05, 0.1) is 13.2 Å². The van der Waals surface area contributed by atoms with Crippen molar-refractivity contribution in [3.05, 3.63) is 0 Å². The van der Waals surface area contributed by atoms with E-state index >= 15 is 0 Å². The summed E-state index contributed by atoms with van der Waals surface area (Å²) in [6.45, 7) is -1.48. The summed E-state index contributed by atoms with van der Waals surface area (Å²) >= 11 is 0. The topological polar surface area (TPSA) is 187 Å². The predicted molar refractivity (Wildman–Crippen MR) is 74.8 cm³/mol. The summed E-state index contributed by atoms with van der Waals surface area (Å²) < 4.78 is 0. The Kier molecular flexibility index (Phi) is 7.45. The first-order valence-corrected chi connectivity index (χ1v) is 6.70. The molecular weight excluding hydrogens is 300 g/mol. The van der Waals surface area contributed by atoms with E-state index < -0.39 is 61.9 Å². The van der Waals surface area contributed by atoms with Gasteiger partial charge in [0.1, 0.15) is 48.7 Å². The lowest BCUT2D eigenvalue weighted by Crippen LogP contribution is -2.49. The van der Waals surface area contributed by atoms with Gasteiger partial charge in [-0.3, -0.25) is 9.98 Å². The Morgan fingerprint density at radius 2 is 1.00 bits per heavy atom. The highest BCUT2D eigenvalue weighted by molar-refractivity contribution is 5.79. The zero-order chi connectivity index (χ0) is 16.9. The van der Waals surface area contributed by atoms with E-state index in [-0.39, 0.29) is 0 Å². The average molecular weight is 322 g/mol. The smallest absolute Gasteiger partial charge is 0.113 e. The summed E-state index contributed by atoms with van der Waals surface area (Å²) in [6, 6.07) is -2.00. The van der Waals surface area contributed by atoms with E-state index in [2.05, 4.69) is 9.98 Å². The highest BCUT2D eigenvalue weighted by Crippen LogP contribution is 2.13. The first-order valence-electron chi connectivity index (χ1n) is 6.70. The molecule has 1 heterocycles. The maximum Gasteiger partial charge on any atom is 0.113 e. The van der Waals surface area contributed by atoms with Crippen LogP contribution in [0.15, 0.2) is 9.98 Å². The Morgan fingerprint density at radius 1 is 0.682 bits per heavy atom. The van der Waals surface area contributed by atoms with Gasteiger partial charge < -0.3 is 40.9 Å². The van der Waals surface area contributed by atoms with Crippen molar-refractivity contribution in [1.29, 1.82) is 0 Å². The highest BCUT2D eigenvalue weighted by atomic mass is 16.4. The normalized spacial score (nSPS) is 29.6. The monoisotopic (exact) mass is 322 g/mol. The van der Waals surface area contributed by atoms with Gasteiger partial charge in [0.2, 0.25) is 0 Å². The molecule has 2 unspecified atom stereocenters. The molecule has 128 valence electrons. The fourth-order valence-electron chi connectivity index (χ4n) is 1.88. The third-order valence-corrected chi connectivity index (χ3v) is 3.38. The molecule has 1 aliphatic rings. The molecule has 8 atom stereocenters. The lowest BCUT2D eigenvalue weighted by Gasteiger charge is -2.29. The number of aliphatic hydroxyl groups is 8. The third-order valence-electron chi connectivity index (χ3n) is 3.38. The number of nitrogens with zero attached hydrogens (tertiary/aromatic N) is 2. The van der Waals surface area contributed by atoms with Crippen molar-refractivity contribution >= 4 is 12.4 Å². The largest absolute Gasteiger partial charge is 0.394 e. The minimum Gasteiger partial charge on any atom is -0.394 e. The molecular formula is C12H22N2O8. The quantitative estimate of drug-likeness (QED) is 0.218. The molecule has 0 amide bonds. The van der Waals surface area contributed by atoms with Crippen LogP contribution in [0.1, 0.15) is 0 Å². The zero-order valence-electron chi connectivity index (χ0n) is 11.7. The first-order chi connectivity index (χ1) is 10.3. The van der Waals surface area contributed by atoms with Gasteiger partial charge in [-0.15, -0.1) is 0 Å². The highest BCUT2D eigenvalue weighted by Gasteiger charge is 2.34. The van der Waals surface area contributed by atoms with Crippen LogP contribution in [0.5, 0.6) is 0 Å². The molecule has 0 saturated heterocycles. The maximum absolute atomic E-state index is 9.79. The molecule has 0 bridgehead atoms. The Hall–Kier alpha value is -0.980. The SMILES string of the molecule is OC[C@@H](O)[C@H](O)[C@H](O)C1C=NC([C@@H](O)[C@@H](O)[C@H](O)CO)C=N1. The van der Waals surface area contributed by atoms with Gasteiger partial charge in [-0.05, 0) is 0 Å². The number of hydrogen-bond acceptors (Lipinski definition) is 10. The van der Waals surface area contributed by atoms with Gasteiger partial charge in [-0.1, -0.05) is 0 Å². The van der Waals surface area contributed by atoms with E-state index in [4.69, 9.17) is 10.2 Å². The molecule has 8 N–H and O–H groups in total. The van der Waals surface area contributed by atoms with Gasteiger partial charge in [0.25, 0.3) is 0 Å². The van der Waals surface area contributed by atoms with E-state index in [1.54, 1.807) is 0 Å². The lowest BCUT2D eigenvalue weighted by molar-refractivity contribution is -0.0795. The van der Waals surface area contributed by atoms with Gasteiger partial charge in [-0.25, -0.2) is 0 Å². The number of aliphatic hydroxyl groups excluding tert-OH is 8. The summed E-state index contributed by atoms with van der Waals surface area (Å²) in [4.78, 5) is 7.69. The van der Waals surface area contributed by atoms with E-state index in [9.17, 15) is 30.6 Å².